The second kappa shape index (κ2) is 7.40. The average Bonchev–Trinajstić information content (AvgIpc) is 2.76. The third-order valence-corrected chi connectivity index (χ3v) is 2.96. The van der Waals surface area contributed by atoms with E-state index in [4.69, 9.17) is 4.74 Å². The predicted molar refractivity (Wildman–Crippen MR) is 65.5 cm³/mol. The van der Waals surface area contributed by atoms with Crippen molar-refractivity contribution in [3.63, 3.8) is 0 Å². The summed E-state index contributed by atoms with van der Waals surface area (Å²) in [6.07, 6.45) is 4.67. The summed E-state index contributed by atoms with van der Waals surface area (Å²) >= 11 is 0. The number of aliphatic hydroxyl groups is 1. The van der Waals surface area contributed by atoms with Gasteiger partial charge in [-0.3, -0.25) is 0 Å². The first-order chi connectivity index (χ1) is 8.24. The summed E-state index contributed by atoms with van der Waals surface area (Å²) in [4.78, 5) is 0. The Labute approximate surface area is 103 Å². The molecule has 0 bridgehead atoms. The summed E-state index contributed by atoms with van der Waals surface area (Å²) < 4.78 is 7.15. The maximum Gasteiger partial charge on any atom is 0.114 e. The minimum absolute atomic E-state index is 0.0849. The van der Waals surface area contributed by atoms with E-state index in [1.807, 2.05) is 11.6 Å². The summed E-state index contributed by atoms with van der Waals surface area (Å²) in [5.74, 6) is 0. The molecule has 0 radical (unpaired) electrons. The molecule has 0 aliphatic heterocycles. The minimum atomic E-state index is -0.0853. The van der Waals surface area contributed by atoms with Crippen molar-refractivity contribution in [2.45, 2.75) is 58.8 Å². The van der Waals surface area contributed by atoms with Gasteiger partial charge in [-0.15, -0.1) is 5.10 Å². The summed E-state index contributed by atoms with van der Waals surface area (Å²) in [5.41, 5.74) is 1.52. The Morgan fingerprint density at radius 3 is 2.71 bits per heavy atom. The number of rotatable bonds is 8. The second-order valence-electron chi connectivity index (χ2n) is 4.24. The zero-order valence-electron chi connectivity index (χ0n) is 11.0. The molecule has 1 rings (SSSR count). The first kappa shape index (κ1) is 14.1. The Hall–Kier alpha value is -0.940. The van der Waals surface area contributed by atoms with Gasteiger partial charge in [-0.1, -0.05) is 31.4 Å². The number of hydrogen-bond acceptors (Lipinski definition) is 4. The Bertz CT molecular complexity index is 326. The summed E-state index contributed by atoms with van der Waals surface area (Å²) in [6.45, 7) is 4.90. The number of hydrogen-bond donors (Lipinski definition) is 1. The van der Waals surface area contributed by atoms with Gasteiger partial charge >= 0.3 is 0 Å². The smallest absolute Gasteiger partial charge is 0.114 e. The van der Waals surface area contributed by atoms with E-state index >= 15 is 0 Å². The third-order valence-electron chi connectivity index (χ3n) is 2.96. The maximum absolute atomic E-state index is 9.21. The van der Waals surface area contributed by atoms with Crippen LogP contribution in [0.25, 0.3) is 0 Å². The van der Waals surface area contributed by atoms with Crippen LogP contribution in [0.3, 0.4) is 0 Å². The van der Waals surface area contributed by atoms with Crippen LogP contribution in [-0.2, 0) is 17.9 Å². The van der Waals surface area contributed by atoms with Crippen molar-refractivity contribution in [2.24, 2.45) is 0 Å². The molecule has 98 valence electrons. The number of aliphatic hydroxyl groups excluding tert-OH is 1. The van der Waals surface area contributed by atoms with Crippen molar-refractivity contribution in [2.75, 3.05) is 7.11 Å². The number of ether oxygens (including phenoxy) is 1. The van der Waals surface area contributed by atoms with Gasteiger partial charge in [0.1, 0.15) is 5.69 Å². The molecule has 0 spiro atoms. The molecule has 1 atom stereocenters. The quantitative estimate of drug-likeness (QED) is 0.708. The maximum atomic E-state index is 9.21. The van der Waals surface area contributed by atoms with Gasteiger partial charge in [-0.2, -0.15) is 0 Å². The molecular formula is C12H23N3O2. The fourth-order valence-electron chi connectivity index (χ4n) is 1.88. The second-order valence-corrected chi connectivity index (χ2v) is 4.24. The summed E-state index contributed by atoms with van der Waals surface area (Å²) in [5, 5.41) is 17.3. The normalized spacial score (nSPS) is 12.9. The van der Waals surface area contributed by atoms with Gasteiger partial charge < -0.3 is 9.84 Å². The standard InChI is InChI=1S/C12H23N3O2/c1-4-5-6-7-8-15-12(10(2)17-3)11(9-16)13-14-15/h10,16H,4-9H2,1-3H3. The van der Waals surface area contributed by atoms with E-state index in [9.17, 15) is 5.11 Å². The minimum Gasteiger partial charge on any atom is -0.390 e. The predicted octanol–water partition coefficient (Wildman–Crippen LogP) is 2.06. The first-order valence-electron chi connectivity index (χ1n) is 6.30. The van der Waals surface area contributed by atoms with E-state index in [0.29, 0.717) is 5.69 Å². The highest BCUT2D eigenvalue weighted by atomic mass is 16.5. The number of nitrogens with zero attached hydrogens (tertiary/aromatic N) is 3. The molecule has 1 aromatic rings. The van der Waals surface area contributed by atoms with Gasteiger partial charge in [-0.25, -0.2) is 4.68 Å². The van der Waals surface area contributed by atoms with Crippen LogP contribution in [0.15, 0.2) is 0 Å². The van der Waals surface area contributed by atoms with E-state index in [1.165, 1.54) is 19.3 Å². The Kier molecular flexibility index (Phi) is 6.15. The van der Waals surface area contributed by atoms with Gasteiger partial charge in [-0.05, 0) is 13.3 Å². The Balaban J connectivity index is 2.67. The Morgan fingerprint density at radius 1 is 1.35 bits per heavy atom. The van der Waals surface area contributed by atoms with Gasteiger partial charge in [0.25, 0.3) is 0 Å². The Morgan fingerprint density at radius 2 is 2.12 bits per heavy atom. The molecule has 1 aromatic heterocycles. The largest absolute Gasteiger partial charge is 0.390 e. The van der Waals surface area contributed by atoms with Crippen molar-refractivity contribution < 1.29 is 9.84 Å². The van der Waals surface area contributed by atoms with Crippen LogP contribution in [0.4, 0.5) is 0 Å². The molecule has 0 aromatic carbocycles. The average molecular weight is 241 g/mol. The molecule has 1 N–H and O–H groups in total. The van der Waals surface area contributed by atoms with Crippen molar-refractivity contribution >= 4 is 0 Å². The SMILES string of the molecule is CCCCCCn1nnc(CO)c1C(C)OC. The molecule has 5 nitrogen and oxygen atoms in total. The van der Waals surface area contributed by atoms with Crippen molar-refractivity contribution in [1.82, 2.24) is 15.0 Å². The van der Waals surface area contributed by atoms with Gasteiger partial charge in [0.2, 0.25) is 0 Å². The molecule has 0 fully saturated rings. The van der Waals surface area contributed by atoms with Crippen LogP contribution >= 0.6 is 0 Å². The lowest BCUT2D eigenvalue weighted by Crippen LogP contribution is -2.11. The summed E-state index contributed by atoms with van der Waals surface area (Å²) in [7, 11) is 1.65. The molecule has 0 saturated carbocycles. The van der Waals surface area contributed by atoms with Gasteiger partial charge in [0, 0.05) is 13.7 Å². The van der Waals surface area contributed by atoms with Crippen LogP contribution in [0.5, 0.6) is 0 Å². The van der Waals surface area contributed by atoms with Crippen LogP contribution in [0.2, 0.25) is 0 Å². The zero-order chi connectivity index (χ0) is 12.7. The lowest BCUT2D eigenvalue weighted by molar-refractivity contribution is 0.108. The van der Waals surface area contributed by atoms with Crippen molar-refractivity contribution in [3.05, 3.63) is 11.4 Å². The molecule has 1 unspecified atom stereocenters. The van der Waals surface area contributed by atoms with E-state index in [-0.39, 0.29) is 12.7 Å². The number of aromatic nitrogens is 3. The van der Waals surface area contributed by atoms with Crippen LogP contribution in [0, 0.1) is 0 Å². The molecule has 1 heterocycles. The van der Waals surface area contributed by atoms with Crippen LogP contribution in [-0.4, -0.2) is 27.2 Å². The highest BCUT2D eigenvalue weighted by molar-refractivity contribution is 5.11. The lowest BCUT2D eigenvalue weighted by atomic mass is 10.2. The fraction of sp³-hybridized carbons (Fsp3) is 0.833. The molecule has 0 aliphatic rings. The molecule has 0 aliphatic carbocycles. The third kappa shape index (κ3) is 3.78. The zero-order valence-corrected chi connectivity index (χ0v) is 11.0. The van der Waals surface area contributed by atoms with Crippen LogP contribution < -0.4 is 0 Å². The highest BCUT2D eigenvalue weighted by Gasteiger charge is 2.17. The van der Waals surface area contributed by atoms with E-state index in [1.54, 1.807) is 7.11 Å². The monoisotopic (exact) mass is 241 g/mol. The fourth-order valence-corrected chi connectivity index (χ4v) is 1.88. The molecule has 0 saturated heterocycles. The van der Waals surface area contributed by atoms with E-state index in [0.717, 1.165) is 18.7 Å². The van der Waals surface area contributed by atoms with E-state index in [2.05, 4.69) is 17.2 Å². The topological polar surface area (TPSA) is 60.2 Å². The summed E-state index contributed by atoms with van der Waals surface area (Å²) in [6, 6.07) is 0. The molecule has 17 heavy (non-hydrogen) atoms. The number of unbranched alkanes of at least 4 members (excludes halogenated alkanes) is 3. The number of methoxy groups -OCH3 is 1. The van der Waals surface area contributed by atoms with E-state index < -0.39 is 0 Å². The lowest BCUT2D eigenvalue weighted by Gasteiger charge is -2.13. The van der Waals surface area contributed by atoms with Gasteiger partial charge in [0.05, 0.1) is 18.4 Å². The molecular weight excluding hydrogens is 218 g/mol. The molecule has 5 heteroatoms. The van der Waals surface area contributed by atoms with Crippen LogP contribution in [0.1, 0.15) is 57.0 Å². The first-order valence-corrected chi connectivity index (χ1v) is 6.30. The van der Waals surface area contributed by atoms with Crippen molar-refractivity contribution in [1.29, 1.82) is 0 Å². The van der Waals surface area contributed by atoms with Crippen molar-refractivity contribution in [3.8, 4) is 0 Å². The number of aryl methyl sites for hydroxylation is 1. The molecule has 0 amide bonds. The highest BCUT2D eigenvalue weighted by Crippen LogP contribution is 2.19. The van der Waals surface area contributed by atoms with Gasteiger partial charge in [0.15, 0.2) is 0 Å².